The number of hydrogen-bond donors (Lipinski definition) is 3. The number of rotatable bonds is 31. The van der Waals surface area contributed by atoms with Gasteiger partial charge in [0.1, 0.15) is 0 Å². The van der Waals surface area contributed by atoms with E-state index in [1.54, 1.807) is 11.3 Å². The van der Waals surface area contributed by atoms with Crippen LogP contribution in [0.2, 0.25) is 0 Å². The molecular weight excluding hydrogens is 2230 g/mol. The summed E-state index contributed by atoms with van der Waals surface area (Å²) in [5, 5.41) is 33.0. The van der Waals surface area contributed by atoms with Crippen molar-refractivity contribution in [1.29, 1.82) is 0 Å². The maximum atomic E-state index is 11.7. The van der Waals surface area contributed by atoms with E-state index < -0.39 is 0 Å². The Bertz CT molecular complexity index is 5540. The zero-order chi connectivity index (χ0) is 96.1. The van der Waals surface area contributed by atoms with E-state index in [1.165, 1.54) is 124 Å². The van der Waals surface area contributed by atoms with E-state index in [0.717, 1.165) is 128 Å². The average molecular weight is 2380 g/mol. The number of hydrogen-bond acceptors (Lipinski definition) is 12. The molecule has 0 spiro atoms. The molecule has 15 heteroatoms. The Morgan fingerprint density at radius 2 is 0.624 bits per heavy atom. The minimum Gasteiger partial charge on any atom is -0.512 e. The summed E-state index contributed by atoms with van der Waals surface area (Å²) < 4.78 is 3.69. The number of ketones is 3. The largest absolute Gasteiger partial charge is 0.512 e. The standard InChI is InChI=1S/2C27H28NS.C25H24NS.3C13H24O2.3Ir/c1-16(2)20-10-21(17(3)4)12-23(11-20)26-14-24-13-25(28-15-27(24)29-26)22-8-18(5)7-19(6)9-22;1-16(2)22-8-7-9-23(17(3)4)27(22)25-14-21-13-24(28-15-26(21)29-25)20-11-18(5)10-19(6)12-20;1-16-10-17(2)12-19(11-16)22-13-20-14-23(27-24(20)15-26-22)18-6-8-21(9-7-18)25(3,4)5;3*1-5-10(6-2)12(14)9-13(15)11(7-3)8-4;;;/h7-8,10-17H,1-6H3;7-11,13-17H,1-6H3;6-11,13-15H,1-5H3;3*9-11,14H,5-8H2,1-4H3;;;/q3*-1;;;;;;. The molecule has 6 heterocycles. The third-order valence-corrected chi connectivity index (χ3v) is 28.4. The van der Waals surface area contributed by atoms with Crippen molar-refractivity contribution in [3.05, 3.63) is 267 Å². The van der Waals surface area contributed by atoms with Crippen LogP contribution in [-0.4, -0.2) is 47.6 Å². The Morgan fingerprint density at radius 1 is 0.346 bits per heavy atom. The smallest absolute Gasteiger partial charge is 0.162 e. The number of fused-ring (bicyclic) bond motifs is 3. The summed E-state index contributed by atoms with van der Waals surface area (Å²) in [5.74, 6) is 3.67. The summed E-state index contributed by atoms with van der Waals surface area (Å²) in [6.45, 7) is 61.8. The molecule has 3 radical (unpaired) electrons. The number of benzene rings is 6. The van der Waals surface area contributed by atoms with Crippen LogP contribution in [0, 0.1) is 95.2 Å². The van der Waals surface area contributed by atoms with Crippen molar-refractivity contribution in [2.75, 3.05) is 0 Å². The Kier molecular flexibility index (Phi) is 50.2. The number of thiophene rings is 3. The van der Waals surface area contributed by atoms with E-state index in [2.05, 4.69) is 269 Å². The van der Waals surface area contributed by atoms with Gasteiger partial charge in [0.05, 0.1) is 31.4 Å². The first-order valence-electron chi connectivity index (χ1n) is 48.2. The Hall–Kier alpha value is -7.77. The summed E-state index contributed by atoms with van der Waals surface area (Å²) in [6, 6.07) is 59.6. The molecule has 3 N–H and O–H groups in total. The third kappa shape index (κ3) is 34.1. The van der Waals surface area contributed by atoms with E-state index >= 15 is 0 Å². The van der Waals surface area contributed by atoms with E-state index in [0.29, 0.717) is 23.7 Å². The zero-order valence-electron chi connectivity index (χ0n) is 85.1. The second-order valence-corrected chi connectivity index (χ2v) is 40.8. The van der Waals surface area contributed by atoms with E-state index in [-0.39, 0.29) is 136 Å². The minimum absolute atomic E-state index is 0. The van der Waals surface area contributed by atoms with Gasteiger partial charge in [0.2, 0.25) is 0 Å². The summed E-state index contributed by atoms with van der Waals surface area (Å²) in [7, 11) is 0. The van der Waals surface area contributed by atoms with Crippen LogP contribution in [-0.2, 0) is 80.1 Å². The van der Waals surface area contributed by atoms with E-state index in [4.69, 9.17) is 15.0 Å². The predicted octanol–water partition coefficient (Wildman–Crippen LogP) is 35.5. The molecule has 0 atom stereocenters. The van der Waals surface area contributed by atoms with Gasteiger partial charge in [0.15, 0.2) is 17.3 Å². The van der Waals surface area contributed by atoms with Crippen LogP contribution in [0.25, 0.3) is 95.4 Å². The van der Waals surface area contributed by atoms with Crippen molar-refractivity contribution in [2.24, 2.45) is 35.5 Å². The molecule has 0 aliphatic heterocycles. The van der Waals surface area contributed by atoms with Crippen LogP contribution < -0.4 is 0 Å². The molecule has 0 fully saturated rings. The van der Waals surface area contributed by atoms with Crippen LogP contribution in [0.3, 0.4) is 0 Å². The number of allylic oxidation sites excluding steroid dienone is 6. The van der Waals surface area contributed by atoms with Gasteiger partial charge < -0.3 is 30.3 Å². The molecule has 0 aliphatic rings. The molecule has 0 unspecified atom stereocenters. The van der Waals surface area contributed by atoms with Gasteiger partial charge in [-0.05, 0) is 202 Å². The van der Waals surface area contributed by atoms with Crippen molar-refractivity contribution in [2.45, 2.75) is 307 Å². The first kappa shape index (κ1) is 118. The molecular formula is C118H152Ir3N3O6S3-3. The van der Waals surface area contributed by atoms with Crippen molar-refractivity contribution in [3.63, 3.8) is 0 Å². The molecule has 12 rings (SSSR count). The topological polar surface area (TPSA) is 151 Å². The van der Waals surface area contributed by atoms with E-state index in [1.807, 2.05) is 124 Å². The molecule has 12 aromatic rings. The normalized spacial score (nSPS) is 11.8. The number of aromatic nitrogens is 3. The summed E-state index contributed by atoms with van der Waals surface area (Å²) in [4.78, 5) is 53.3. The Labute approximate surface area is 853 Å². The quantitative estimate of drug-likeness (QED) is 0.0219. The van der Waals surface area contributed by atoms with Crippen molar-refractivity contribution in [1.82, 2.24) is 15.0 Å². The van der Waals surface area contributed by atoms with Crippen LogP contribution in [0.15, 0.2) is 188 Å². The van der Waals surface area contributed by atoms with Gasteiger partial charge >= 0.3 is 0 Å². The Morgan fingerprint density at radius 3 is 0.887 bits per heavy atom. The van der Waals surface area contributed by atoms with Crippen LogP contribution in [0.5, 0.6) is 0 Å². The number of aliphatic hydroxyl groups excluding tert-OH is 3. The number of carbonyl (C=O) groups excluding carboxylic acids is 3. The van der Waals surface area contributed by atoms with Crippen molar-refractivity contribution >= 4 is 81.6 Å². The van der Waals surface area contributed by atoms with Gasteiger partial charge in [0.25, 0.3) is 0 Å². The first-order chi connectivity index (χ1) is 61.7. The van der Waals surface area contributed by atoms with Gasteiger partial charge in [-0.1, -0.05) is 280 Å². The van der Waals surface area contributed by atoms with Crippen molar-refractivity contribution in [3.8, 4) is 65.1 Å². The predicted molar refractivity (Wildman–Crippen MR) is 563 cm³/mol. The van der Waals surface area contributed by atoms with Crippen molar-refractivity contribution < 1.29 is 90.0 Å². The van der Waals surface area contributed by atoms with Gasteiger partial charge in [-0.15, -0.1) is 139 Å². The number of aryl methyl sites for hydroxylation is 6. The molecule has 0 saturated carbocycles. The summed E-state index contributed by atoms with van der Waals surface area (Å²) in [5.41, 5.74) is 24.6. The fraction of sp³-hybridized carbons (Fsp3) is 0.441. The molecule has 0 aliphatic carbocycles. The second-order valence-electron chi connectivity index (χ2n) is 37.6. The zero-order valence-corrected chi connectivity index (χ0v) is 94.7. The number of pyridine rings is 3. The summed E-state index contributed by atoms with van der Waals surface area (Å²) in [6.07, 6.45) is 20.8. The molecule has 6 aromatic carbocycles. The Balaban J connectivity index is 0.000000341. The molecule has 723 valence electrons. The second kappa shape index (κ2) is 56.8. The van der Waals surface area contributed by atoms with Gasteiger partial charge in [-0.25, -0.2) is 0 Å². The van der Waals surface area contributed by atoms with Crippen LogP contribution in [0.4, 0.5) is 0 Å². The minimum atomic E-state index is 0. The van der Waals surface area contributed by atoms with Gasteiger partial charge in [-0.2, -0.15) is 0 Å². The molecule has 0 bridgehead atoms. The van der Waals surface area contributed by atoms with Gasteiger partial charge in [0, 0.05) is 147 Å². The van der Waals surface area contributed by atoms with Gasteiger partial charge in [-0.3, -0.25) is 14.4 Å². The first-order valence-corrected chi connectivity index (χ1v) is 50.6. The monoisotopic (exact) mass is 2380 g/mol. The third-order valence-electron chi connectivity index (χ3n) is 25.0. The van der Waals surface area contributed by atoms with Crippen LogP contribution in [0.1, 0.15) is 321 Å². The molecule has 6 aromatic heterocycles. The number of nitrogens with zero attached hydrogens (tertiary/aromatic N) is 3. The number of aliphatic hydroxyl groups is 3. The molecule has 0 saturated heterocycles. The fourth-order valence-corrected chi connectivity index (χ4v) is 19.7. The molecule has 0 amide bonds. The SMILES string of the molecule is CCC(CC)C(=O)C=C(O)C(CC)CC.CCC(CC)C(=O)C=C(O)C(CC)CC.CCC(CC)C(=O)C=C(O)C(CC)CC.Cc1[c-]c(-c2cc3cc(-c4c(C(C)C)cccc4C(C)C)sc3cn2)cc(C)c1.Cc1[c-]c(-c2cc3cc(-c4cc(C(C)C)cc(C(C)C)c4)sc3cn2)cc(C)c1.Cc1[c-]c(-c2cc3cc(-c4ccc(C(C)(C)C)cc4)sc3cn2)cc(C)c1.[Ir].[Ir].[Ir]. The van der Waals surface area contributed by atoms with Crippen LogP contribution >= 0.6 is 34.0 Å². The molecule has 133 heavy (non-hydrogen) atoms. The molecule has 9 nitrogen and oxygen atoms in total. The maximum Gasteiger partial charge on any atom is 0.162 e. The number of carbonyl (C=O) groups is 3. The summed E-state index contributed by atoms with van der Waals surface area (Å²) >= 11 is 5.48. The maximum absolute atomic E-state index is 11.7. The van der Waals surface area contributed by atoms with E-state index in [9.17, 15) is 29.7 Å². The fourth-order valence-electron chi connectivity index (χ4n) is 16.6. The average Bonchev–Trinajstić information content (AvgIpc) is 1.39.